The Bertz CT molecular complexity index is 478. The first kappa shape index (κ1) is 16.1. The van der Waals surface area contributed by atoms with E-state index in [-0.39, 0.29) is 17.5 Å². The first-order valence-corrected chi connectivity index (χ1v) is 6.75. The van der Waals surface area contributed by atoms with Crippen LogP contribution in [-0.2, 0) is 4.79 Å². The Hall–Kier alpha value is -0.970. The van der Waals surface area contributed by atoms with E-state index in [0.29, 0.717) is 15.8 Å². The van der Waals surface area contributed by atoms with Crippen LogP contribution >= 0.6 is 34.8 Å². The molecule has 4 nitrogen and oxygen atoms in total. The SMILES string of the molecule is CCC/C=N/NC(=O)COc1cc(Cl)c(Cl)cc1Cl. The quantitative estimate of drug-likeness (QED) is 0.490. The summed E-state index contributed by atoms with van der Waals surface area (Å²) >= 11 is 17.5. The summed E-state index contributed by atoms with van der Waals surface area (Å²) in [6.07, 6.45) is 3.40. The minimum absolute atomic E-state index is 0.207. The van der Waals surface area contributed by atoms with Crippen LogP contribution in [0.5, 0.6) is 5.75 Å². The molecular formula is C12H13Cl3N2O2. The molecule has 0 radical (unpaired) electrons. The number of carbonyl (C=O) groups excluding carboxylic acids is 1. The van der Waals surface area contributed by atoms with Crippen molar-refractivity contribution in [2.75, 3.05) is 6.61 Å². The van der Waals surface area contributed by atoms with E-state index in [2.05, 4.69) is 10.5 Å². The minimum atomic E-state index is -0.380. The van der Waals surface area contributed by atoms with Crippen LogP contribution in [0.15, 0.2) is 17.2 Å². The van der Waals surface area contributed by atoms with Crippen molar-refractivity contribution < 1.29 is 9.53 Å². The zero-order valence-corrected chi connectivity index (χ0v) is 12.5. The molecule has 1 aromatic rings. The lowest BCUT2D eigenvalue weighted by Gasteiger charge is -2.08. The number of hydrogen-bond donors (Lipinski definition) is 1. The summed E-state index contributed by atoms with van der Waals surface area (Å²) < 4.78 is 5.23. The van der Waals surface area contributed by atoms with Crippen LogP contribution in [0.1, 0.15) is 19.8 Å². The van der Waals surface area contributed by atoms with Crippen LogP contribution in [-0.4, -0.2) is 18.7 Å². The van der Waals surface area contributed by atoms with Gasteiger partial charge in [-0.1, -0.05) is 48.1 Å². The van der Waals surface area contributed by atoms with Gasteiger partial charge in [-0.3, -0.25) is 4.79 Å². The fraction of sp³-hybridized carbons (Fsp3) is 0.333. The van der Waals surface area contributed by atoms with E-state index < -0.39 is 0 Å². The number of halogens is 3. The lowest BCUT2D eigenvalue weighted by Crippen LogP contribution is -2.24. The van der Waals surface area contributed by atoms with Crippen LogP contribution in [0.4, 0.5) is 0 Å². The number of rotatable bonds is 6. The van der Waals surface area contributed by atoms with Gasteiger partial charge < -0.3 is 4.74 Å². The summed E-state index contributed by atoms with van der Waals surface area (Å²) in [7, 11) is 0. The topological polar surface area (TPSA) is 50.7 Å². The molecule has 0 spiro atoms. The molecule has 0 atom stereocenters. The lowest BCUT2D eigenvalue weighted by atomic mass is 10.3. The molecule has 0 saturated heterocycles. The van der Waals surface area contributed by atoms with Crippen molar-refractivity contribution >= 4 is 46.9 Å². The molecule has 0 unspecified atom stereocenters. The average molecular weight is 324 g/mol. The Kier molecular flexibility index (Phi) is 6.99. The van der Waals surface area contributed by atoms with Crippen molar-refractivity contribution in [2.45, 2.75) is 19.8 Å². The molecule has 7 heteroatoms. The third kappa shape index (κ3) is 5.68. The average Bonchev–Trinajstić information content (AvgIpc) is 2.37. The number of hydrogen-bond acceptors (Lipinski definition) is 3. The van der Waals surface area contributed by atoms with Crippen molar-refractivity contribution in [1.29, 1.82) is 0 Å². The molecule has 19 heavy (non-hydrogen) atoms. The lowest BCUT2D eigenvalue weighted by molar-refractivity contribution is -0.123. The monoisotopic (exact) mass is 322 g/mol. The van der Waals surface area contributed by atoms with Gasteiger partial charge in [0.15, 0.2) is 6.61 Å². The fourth-order valence-electron chi connectivity index (χ4n) is 1.10. The summed E-state index contributed by atoms with van der Waals surface area (Å²) in [6, 6.07) is 2.91. The van der Waals surface area contributed by atoms with E-state index in [4.69, 9.17) is 39.5 Å². The van der Waals surface area contributed by atoms with E-state index in [1.165, 1.54) is 12.1 Å². The van der Waals surface area contributed by atoms with E-state index >= 15 is 0 Å². The van der Waals surface area contributed by atoms with Gasteiger partial charge in [0.25, 0.3) is 5.91 Å². The van der Waals surface area contributed by atoms with Gasteiger partial charge >= 0.3 is 0 Å². The van der Waals surface area contributed by atoms with Crippen LogP contribution in [0, 0.1) is 0 Å². The largest absolute Gasteiger partial charge is 0.482 e. The molecule has 0 aliphatic rings. The van der Waals surface area contributed by atoms with Crippen LogP contribution < -0.4 is 10.2 Å². The molecular weight excluding hydrogens is 311 g/mol. The molecule has 0 bridgehead atoms. The summed E-state index contributed by atoms with van der Waals surface area (Å²) in [4.78, 5) is 11.4. The summed E-state index contributed by atoms with van der Waals surface area (Å²) in [5.41, 5.74) is 2.34. The summed E-state index contributed by atoms with van der Waals surface area (Å²) in [6.45, 7) is 1.81. The maximum Gasteiger partial charge on any atom is 0.277 e. The fourth-order valence-corrected chi connectivity index (χ4v) is 1.69. The van der Waals surface area contributed by atoms with Gasteiger partial charge in [-0.2, -0.15) is 5.10 Å². The van der Waals surface area contributed by atoms with Crippen molar-refractivity contribution in [3.05, 3.63) is 27.2 Å². The molecule has 1 N–H and O–H groups in total. The highest BCUT2D eigenvalue weighted by molar-refractivity contribution is 6.43. The first-order chi connectivity index (χ1) is 9.04. The Morgan fingerprint density at radius 1 is 1.32 bits per heavy atom. The molecule has 1 amide bonds. The predicted octanol–water partition coefficient (Wildman–Crippen LogP) is 3.93. The van der Waals surface area contributed by atoms with Gasteiger partial charge in [-0.05, 0) is 12.5 Å². The third-order valence-corrected chi connectivity index (χ3v) is 3.05. The normalized spacial score (nSPS) is 10.7. The Morgan fingerprint density at radius 3 is 2.68 bits per heavy atom. The zero-order valence-electron chi connectivity index (χ0n) is 10.3. The standard InChI is InChI=1S/C12H13Cl3N2O2/c1-2-3-4-16-17-12(18)7-19-11-6-9(14)8(13)5-10(11)15/h4-6H,2-3,7H2,1H3,(H,17,18)/b16-4+. The molecule has 0 fully saturated rings. The molecule has 104 valence electrons. The number of carbonyl (C=O) groups is 1. The first-order valence-electron chi connectivity index (χ1n) is 5.62. The Balaban J connectivity index is 2.48. The van der Waals surface area contributed by atoms with Crippen LogP contribution in [0.2, 0.25) is 15.1 Å². The van der Waals surface area contributed by atoms with Crippen molar-refractivity contribution in [1.82, 2.24) is 5.43 Å². The number of amides is 1. The van der Waals surface area contributed by atoms with Gasteiger partial charge in [-0.15, -0.1) is 0 Å². The van der Waals surface area contributed by atoms with Crippen molar-refractivity contribution in [3.8, 4) is 5.75 Å². The van der Waals surface area contributed by atoms with Gasteiger partial charge in [0.1, 0.15) is 5.75 Å². The number of nitrogens with zero attached hydrogens (tertiary/aromatic N) is 1. The van der Waals surface area contributed by atoms with Gasteiger partial charge in [0.2, 0.25) is 0 Å². The van der Waals surface area contributed by atoms with E-state index in [0.717, 1.165) is 12.8 Å². The van der Waals surface area contributed by atoms with Crippen molar-refractivity contribution in [2.24, 2.45) is 5.10 Å². The molecule has 1 rings (SSSR count). The van der Waals surface area contributed by atoms with E-state index in [9.17, 15) is 4.79 Å². The Labute approximate surface area is 126 Å². The Morgan fingerprint density at radius 2 is 2.00 bits per heavy atom. The highest BCUT2D eigenvalue weighted by Crippen LogP contribution is 2.33. The van der Waals surface area contributed by atoms with Crippen molar-refractivity contribution in [3.63, 3.8) is 0 Å². The maximum absolute atomic E-state index is 11.4. The number of ether oxygens (including phenoxy) is 1. The summed E-state index contributed by atoms with van der Waals surface area (Å²) in [5, 5.41) is 4.67. The second kappa shape index (κ2) is 8.25. The number of hydrazone groups is 1. The smallest absolute Gasteiger partial charge is 0.277 e. The number of benzene rings is 1. The zero-order chi connectivity index (χ0) is 14.3. The second-order valence-electron chi connectivity index (χ2n) is 3.62. The van der Waals surface area contributed by atoms with Crippen LogP contribution in [0.25, 0.3) is 0 Å². The number of nitrogens with one attached hydrogen (secondary N) is 1. The van der Waals surface area contributed by atoms with E-state index in [1.807, 2.05) is 6.92 Å². The third-order valence-electron chi connectivity index (χ3n) is 2.03. The molecule has 0 aromatic heterocycles. The highest BCUT2D eigenvalue weighted by Gasteiger charge is 2.09. The van der Waals surface area contributed by atoms with Gasteiger partial charge in [0, 0.05) is 12.3 Å². The molecule has 0 saturated carbocycles. The number of unbranched alkanes of at least 4 members (excludes halogenated alkanes) is 1. The minimum Gasteiger partial charge on any atom is -0.482 e. The highest BCUT2D eigenvalue weighted by atomic mass is 35.5. The molecule has 0 aliphatic heterocycles. The molecule has 0 heterocycles. The second-order valence-corrected chi connectivity index (χ2v) is 4.84. The van der Waals surface area contributed by atoms with Gasteiger partial charge in [-0.25, -0.2) is 5.43 Å². The predicted molar refractivity (Wildman–Crippen MR) is 78.5 cm³/mol. The van der Waals surface area contributed by atoms with E-state index in [1.54, 1.807) is 6.21 Å². The van der Waals surface area contributed by atoms with Crippen LogP contribution in [0.3, 0.4) is 0 Å². The van der Waals surface area contributed by atoms with Gasteiger partial charge in [0.05, 0.1) is 15.1 Å². The summed E-state index contributed by atoms with van der Waals surface area (Å²) in [5.74, 6) is -0.0850. The maximum atomic E-state index is 11.4. The molecule has 1 aromatic carbocycles. The molecule has 0 aliphatic carbocycles.